The van der Waals surface area contributed by atoms with E-state index in [1.165, 1.54) is 6.92 Å². The molecule has 1 fully saturated rings. The lowest BCUT2D eigenvalue weighted by Gasteiger charge is -2.29. The van der Waals surface area contributed by atoms with Crippen molar-refractivity contribution in [3.63, 3.8) is 0 Å². The highest BCUT2D eigenvalue weighted by Crippen LogP contribution is 2.29. The molecule has 1 amide bonds. The number of halogens is 1. The molecule has 4 unspecified atom stereocenters. The number of carbonyl (C=O) groups is 1. The van der Waals surface area contributed by atoms with Crippen molar-refractivity contribution in [2.24, 2.45) is 0 Å². The van der Waals surface area contributed by atoms with Gasteiger partial charge in [0, 0.05) is 20.0 Å². The molecule has 0 saturated carbocycles. The molecule has 0 aliphatic carbocycles. The smallest absolute Gasteiger partial charge is 0.216 e. The summed E-state index contributed by atoms with van der Waals surface area (Å²) >= 11 is 0. The molecule has 4 atom stereocenters. The van der Waals surface area contributed by atoms with Gasteiger partial charge in [-0.1, -0.05) is 30.3 Å². The molecule has 0 bridgehead atoms. The van der Waals surface area contributed by atoms with Crippen LogP contribution >= 0.6 is 0 Å². The lowest BCUT2D eigenvalue weighted by Crippen LogP contribution is -2.45. The van der Waals surface area contributed by atoms with E-state index in [4.69, 9.17) is 0 Å². The van der Waals surface area contributed by atoms with Crippen LogP contribution in [0.25, 0.3) is 0 Å². The summed E-state index contributed by atoms with van der Waals surface area (Å²) < 4.78 is 14.3. The van der Waals surface area contributed by atoms with E-state index in [1.807, 2.05) is 30.3 Å². The fourth-order valence-corrected chi connectivity index (χ4v) is 2.78. The summed E-state index contributed by atoms with van der Waals surface area (Å²) in [6.45, 7) is 1.55. The van der Waals surface area contributed by atoms with Crippen LogP contribution in [0.1, 0.15) is 12.5 Å². The molecule has 0 spiro atoms. The van der Waals surface area contributed by atoms with Crippen LogP contribution in [0.5, 0.6) is 0 Å². The Morgan fingerprint density at radius 2 is 2.00 bits per heavy atom. The Balaban J connectivity index is 2.16. The molecule has 1 aliphatic heterocycles. The van der Waals surface area contributed by atoms with E-state index in [0.717, 1.165) is 5.56 Å². The van der Waals surface area contributed by atoms with Crippen LogP contribution in [0.2, 0.25) is 0 Å². The Hall–Kier alpha value is -1.50. The molecular formula is C15H21FN2O3. The Kier molecular flexibility index (Phi) is 5.27. The average Bonchev–Trinajstić information content (AvgIpc) is 2.69. The molecule has 1 saturated heterocycles. The highest BCUT2D eigenvalue weighted by atomic mass is 19.1. The fourth-order valence-electron chi connectivity index (χ4n) is 2.78. The van der Waals surface area contributed by atoms with E-state index < -0.39 is 24.4 Å². The highest BCUT2D eigenvalue weighted by Gasteiger charge is 2.48. The van der Waals surface area contributed by atoms with Gasteiger partial charge in [-0.05, 0) is 5.56 Å². The minimum absolute atomic E-state index is 0.108. The number of aliphatic hydroxyl groups is 2. The molecular weight excluding hydrogens is 275 g/mol. The second-order valence-corrected chi connectivity index (χ2v) is 5.35. The third kappa shape index (κ3) is 3.58. The maximum atomic E-state index is 14.3. The number of alkyl halides is 1. The Morgan fingerprint density at radius 3 is 2.57 bits per heavy atom. The minimum atomic E-state index is -1.50. The number of benzene rings is 1. The molecule has 5 nitrogen and oxygen atoms in total. The van der Waals surface area contributed by atoms with Crippen molar-refractivity contribution in [2.45, 2.75) is 37.8 Å². The molecule has 1 aromatic rings. The van der Waals surface area contributed by atoms with E-state index in [0.29, 0.717) is 6.54 Å². The van der Waals surface area contributed by atoms with Crippen molar-refractivity contribution in [3.05, 3.63) is 35.9 Å². The SMILES string of the molecule is CC(=O)NCC1C(F)C(O)C(CO)N1Cc1ccccc1. The lowest BCUT2D eigenvalue weighted by molar-refractivity contribution is -0.119. The highest BCUT2D eigenvalue weighted by molar-refractivity contribution is 5.72. The zero-order valence-corrected chi connectivity index (χ0v) is 11.9. The van der Waals surface area contributed by atoms with E-state index in [-0.39, 0.29) is 19.1 Å². The number of rotatable bonds is 5. The Morgan fingerprint density at radius 1 is 1.33 bits per heavy atom. The monoisotopic (exact) mass is 296 g/mol. The molecule has 0 aromatic heterocycles. The first-order chi connectivity index (χ1) is 10.0. The van der Waals surface area contributed by atoms with E-state index in [2.05, 4.69) is 5.32 Å². The number of aliphatic hydroxyl groups excluding tert-OH is 2. The zero-order valence-electron chi connectivity index (χ0n) is 11.9. The first-order valence-electron chi connectivity index (χ1n) is 7.01. The van der Waals surface area contributed by atoms with Crippen molar-refractivity contribution in [1.29, 1.82) is 0 Å². The zero-order chi connectivity index (χ0) is 15.4. The molecule has 1 aliphatic rings. The van der Waals surface area contributed by atoms with Gasteiger partial charge >= 0.3 is 0 Å². The molecule has 6 heteroatoms. The number of hydrogen-bond acceptors (Lipinski definition) is 4. The van der Waals surface area contributed by atoms with Gasteiger partial charge in [0.2, 0.25) is 5.91 Å². The van der Waals surface area contributed by atoms with Gasteiger partial charge in [0.1, 0.15) is 12.3 Å². The van der Waals surface area contributed by atoms with Gasteiger partial charge < -0.3 is 15.5 Å². The molecule has 1 aromatic carbocycles. The second kappa shape index (κ2) is 6.98. The maximum Gasteiger partial charge on any atom is 0.216 e. The van der Waals surface area contributed by atoms with Gasteiger partial charge in [-0.15, -0.1) is 0 Å². The van der Waals surface area contributed by atoms with Crippen LogP contribution in [-0.2, 0) is 11.3 Å². The average molecular weight is 296 g/mol. The van der Waals surface area contributed by atoms with E-state index in [1.54, 1.807) is 4.90 Å². The molecule has 21 heavy (non-hydrogen) atoms. The summed E-state index contributed by atoms with van der Waals surface area (Å²) in [5.74, 6) is -0.246. The molecule has 0 radical (unpaired) electrons. The molecule has 116 valence electrons. The summed E-state index contributed by atoms with van der Waals surface area (Å²) in [5.41, 5.74) is 0.963. The molecule has 2 rings (SSSR count). The van der Waals surface area contributed by atoms with Gasteiger partial charge in [0.15, 0.2) is 0 Å². The predicted octanol–water partition coefficient (Wildman–Crippen LogP) is 0.0668. The normalized spacial score (nSPS) is 29.5. The largest absolute Gasteiger partial charge is 0.395 e. The van der Waals surface area contributed by atoms with Crippen molar-refractivity contribution >= 4 is 5.91 Å². The topological polar surface area (TPSA) is 72.8 Å². The molecule has 3 N–H and O–H groups in total. The van der Waals surface area contributed by atoms with Crippen LogP contribution < -0.4 is 5.32 Å². The van der Waals surface area contributed by atoms with Gasteiger partial charge in [-0.3, -0.25) is 9.69 Å². The first kappa shape index (κ1) is 15.9. The number of nitrogens with one attached hydrogen (secondary N) is 1. The third-order valence-corrected chi connectivity index (χ3v) is 3.90. The summed E-state index contributed by atoms with van der Waals surface area (Å²) in [5, 5.41) is 22.0. The van der Waals surface area contributed by atoms with Gasteiger partial charge in [-0.25, -0.2) is 4.39 Å². The van der Waals surface area contributed by atoms with Crippen LogP contribution in [0.15, 0.2) is 30.3 Å². The van der Waals surface area contributed by atoms with Gasteiger partial charge in [-0.2, -0.15) is 0 Å². The van der Waals surface area contributed by atoms with Crippen molar-refractivity contribution in [2.75, 3.05) is 13.2 Å². The van der Waals surface area contributed by atoms with E-state index in [9.17, 15) is 19.4 Å². The second-order valence-electron chi connectivity index (χ2n) is 5.35. The number of amides is 1. The third-order valence-electron chi connectivity index (χ3n) is 3.90. The van der Waals surface area contributed by atoms with Crippen molar-refractivity contribution in [3.8, 4) is 0 Å². The number of carbonyl (C=O) groups excluding carboxylic acids is 1. The number of likely N-dealkylation sites (tertiary alicyclic amines) is 1. The Labute approximate surface area is 123 Å². The standard InChI is InChI=1S/C15H21FN2O3/c1-10(20)17-7-12-14(16)15(21)13(9-19)18(12)8-11-5-3-2-4-6-11/h2-6,12-15,19,21H,7-9H2,1H3,(H,17,20). The minimum Gasteiger partial charge on any atom is -0.395 e. The van der Waals surface area contributed by atoms with Crippen LogP contribution in [0, 0.1) is 0 Å². The first-order valence-corrected chi connectivity index (χ1v) is 7.01. The van der Waals surface area contributed by atoms with Gasteiger partial charge in [0.05, 0.1) is 18.7 Å². The van der Waals surface area contributed by atoms with Crippen LogP contribution in [0.4, 0.5) is 4.39 Å². The molecule has 1 heterocycles. The quantitative estimate of drug-likeness (QED) is 0.719. The summed E-state index contributed by atoms with van der Waals surface area (Å²) in [6.07, 6.45) is -2.75. The summed E-state index contributed by atoms with van der Waals surface area (Å²) in [6, 6.07) is 8.14. The number of nitrogens with zero attached hydrogens (tertiary/aromatic N) is 1. The van der Waals surface area contributed by atoms with Crippen LogP contribution in [0.3, 0.4) is 0 Å². The fraction of sp³-hybridized carbons (Fsp3) is 0.533. The Bertz CT molecular complexity index is 471. The van der Waals surface area contributed by atoms with Gasteiger partial charge in [0.25, 0.3) is 0 Å². The number of hydrogen-bond donors (Lipinski definition) is 3. The van der Waals surface area contributed by atoms with E-state index >= 15 is 0 Å². The lowest BCUT2D eigenvalue weighted by atomic mass is 10.1. The van der Waals surface area contributed by atoms with Crippen molar-refractivity contribution in [1.82, 2.24) is 10.2 Å². The summed E-state index contributed by atoms with van der Waals surface area (Å²) in [4.78, 5) is 12.8. The van der Waals surface area contributed by atoms with Crippen LogP contribution in [-0.4, -0.2) is 58.5 Å². The predicted molar refractivity (Wildman–Crippen MR) is 76.2 cm³/mol. The summed E-state index contributed by atoms with van der Waals surface area (Å²) in [7, 11) is 0. The maximum absolute atomic E-state index is 14.3. The van der Waals surface area contributed by atoms with Crippen molar-refractivity contribution < 1.29 is 19.4 Å².